The van der Waals surface area contributed by atoms with E-state index in [4.69, 9.17) is 5.11 Å². The van der Waals surface area contributed by atoms with Gasteiger partial charge in [0.15, 0.2) is 0 Å². The topological polar surface area (TPSA) is 49.3 Å². The van der Waals surface area contributed by atoms with E-state index in [0.29, 0.717) is 12.1 Å². The number of thiophene rings is 1. The van der Waals surface area contributed by atoms with Gasteiger partial charge in [-0.15, -0.1) is 11.3 Å². The number of carbonyl (C=O) groups excluding carboxylic acids is 1. The number of carbonyl (C=O) groups is 1. The van der Waals surface area contributed by atoms with Crippen LogP contribution in [0.1, 0.15) is 27.7 Å². The number of rotatable bonds is 3. The van der Waals surface area contributed by atoms with Crippen LogP contribution in [-0.2, 0) is 0 Å². The number of hydrogen-bond acceptors (Lipinski definition) is 3. The minimum Gasteiger partial charge on any atom is -0.392 e. The van der Waals surface area contributed by atoms with Gasteiger partial charge < -0.3 is 10.4 Å². The molecule has 1 aromatic rings. The Balaban J connectivity index is 2.66. The van der Waals surface area contributed by atoms with Crippen molar-refractivity contribution in [3.63, 3.8) is 0 Å². The summed E-state index contributed by atoms with van der Waals surface area (Å²) in [5, 5.41) is 13.5. The summed E-state index contributed by atoms with van der Waals surface area (Å²) in [6.45, 7) is 5.87. The average molecular weight is 213 g/mol. The summed E-state index contributed by atoms with van der Waals surface area (Å²) in [5.41, 5.74) is 1.74. The SMILES string of the molecule is Cc1scc(C(=O)NC[C@H](C)O)c1C. The van der Waals surface area contributed by atoms with Crippen molar-refractivity contribution in [1.82, 2.24) is 5.32 Å². The zero-order valence-corrected chi connectivity index (χ0v) is 9.44. The zero-order valence-electron chi connectivity index (χ0n) is 8.63. The van der Waals surface area contributed by atoms with Gasteiger partial charge in [0.1, 0.15) is 0 Å². The Kier molecular flexibility index (Phi) is 3.66. The van der Waals surface area contributed by atoms with Crippen LogP contribution in [0, 0.1) is 13.8 Å². The van der Waals surface area contributed by atoms with Gasteiger partial charge in [0.05, 0.1) is 11.7 Å². The van der Waals surface area contributed by atoms with Crippen molar-refractivity contribution in [3.8, 4) is 0 Å². The first kappa shape index (κ1) is 11.2. The molecule has 0 aliphatic heterocycles. The lowest BCUT2D eigenvalue weighted by Gasteiger charge is -2.06. The molecule has 0 radical (unpaired) electrons. The molecule has 1 amide bonds. The highest BCUT2D eigenvalue weighted by atomic mass is 32.1. The zero-order chi connectivity index (χ0) is 10.7. The van der Waals surface area contributed by atoms with Gasteiger partial charge in [-0.1, -0.05) is 0 Å². The van der Waals surface area contributed by atoms with E-state index in [1.165, 1.54) is 0 Å². The molecule has 3 nitrogen and oxygen atoms in total. The van der Waals surface area contributed by atoms with E-state index in [1.54, 1.807) is 18.3 Å². The molecular weight excluding hydrogens is 198 g/mol. The van der Waals surface area contributed by atoms with Gasteiger partial charge in [0.25, 0.3) is 5.91 Å². The largest absolute Gasteiger partial charge is 0.392 e. The fourth-order valence-corrected chi connectivity index (χ4v) is 1.94. The molecule has 1 atom stereocenters. The van der Waals surface area contributed by atoms with E-state index >= 15 is 0 Å². The number of nitrogens with one attached hydrogen (secondary N) is 1. The Labute approximate surface area is 87.8 Å². The van der Waals surface area contributed by atoms with Crippen LogP contribution in [0.15, 0.2) is 5.38 Å². The molecule has 0 saturated carbocycles. The molecule has 0 unspecified atom stereocenters. The van der Waals surface area contributed by atoms with E-state index in [9.17, 15) is 4.79 Å². The van der Waals surface area contributed by atoms with Gasteiger partial charge in [-0.25, -0.2) is 0 Å². The van der Waals surface area contributed by atoms with E-state index < -0.39 is 6.10 Å². The van der Waals surface area contributed by atoms with Crippen molar-refractivity contribution in [2.75, 3.05) is 6.54 Å². The molecule has 4 heteroatoms. The maximum Gasteiger partial charge on any atom is 0.252 e. The Bertz CT molecular complexity index is 331. The van der Waals surface area contributed by atoms with Crippen LogP contribution in [0.4, 0.5) is 0 Å². The Morgan fingerprint density at radius 2 is 2.29 bits per heavy atom. The molecule has 1 heterocycles. The second-order valence-electron chi connectivity index (χ2n) is 3.39. The van der Waals surface area contributed by atoms with Crippen LogP contribution in [0.5, 0.6) is 0 Å². The first-order valence-corrected chi connectivity index (χ1v) is 5.41. The summed E-state index contributed by atoms with van der Waals surface area (Å²) in [4.78, 5) is 12.7. The third-order valence-electron chi connectivity index (χ3n) is 2.09. The molecule has 0 saturated heterocycles. The molecule has 78 valence electrons. The second kappa shape index (κ2) is 4.57. The Hall–Kier alpha value is -0.870. The van der Waals surface area contributed by atoms with E-state index in [0.717, 1.165) is 10.4 Å². The molecule has 1 rings (SSSR count). The van der Waals surface area contributed by atoms with Gasteiger partial charge in [-0.05, 0) is 26.3 Å². The lowest BCUT2D eigenvalue weighted by Crippen LogP contribution is -2.30. The van der Waals surface area contributed by atoms with Crippen LogP contribution >= 0.6 is 11.3 Å². The van der Waals surface area contributed by atoms with Gasteiger partial charge >= 0.3 is 0 Å². The standard InChI is InChI=1S/C10H15NO2S/c1-6(12)4-11-10(13)9-5-14-8(3)7(9)2/h5-6,12H,4H2,1-3H3,(H,11,13)/t6-/m0/s1. The van der Waals surface area contributed by atoms with Crippen LogP contribution in [0.25, 0.3) is 0 Å². The Morgan fingerprint density at radius 1 is 1.64 bits per heavy atom. The third kappa shape index (κ3) is 2.56. The predicted octanol–water partition coefficient (Wildman–Crippen LogP) is 1.48. The van der Waals surface area contributed by atoms with E-state index in [2.05, 4.69) is 5.32 Å². The highest BCUT2D eigenvalue weighted by molar-refractivity contribution is 7.10. The summed E-state index contributed by atoms with van der Waals surface area (Å²) in [7, 11) is 0. The highest BCUT2D eigenvalue weighted by Gasteiger charge is 2.12. The maximum atomic E-state index is 11.6. The number of aliphatic hydroxyl groups excluding tert-OH is 1. The molecule has 0 fully saturated rings. The maximum absolute atomic E-state index is 11.6. The number of aliphatic hydroxyl groups is 1. The summed E-state index contributed by atoms with van der Waals surface area (Å²) in [6.07, 6.45) is -0.501. The van der Waals surface area contributed by atoms with E-state index in [1.807, 2.05) is 19.2 Å². The monoisotopic (exact) mass is 213 g/mol. The van der Waals surface area contributed by atoms with Crippen molar-refractivity contribution in [2.45, 2.75) is 26.9 Å². The second-order valence-corrected chi connectivity index (χ2v) is 4.47. The van der Waals surface area contributed by atoms with Crippen molar-refractivity contribution < 1.29 is 9.90 Å². The van der Waals surface area contributed by atoms with Crippen LogP contribution in [0.2, 0.25) is 0 Å². The van der Waals surface area contributed by atoms with Gasteiger partial charge in [0.2, 0.25) is 0 Å². The lowest BCUT2D eigenvalue weighted by molar-refractivity contribution is 0.0924. The summed E-state index contributed by atoms with van der Waals surface area (Å²) in [5.74, 6) is -0.104. The molecule has 0 bridgehead atoms. The molecule has 14 heavy (non-hydrogen) atoms. The van der Waals surface area contributed by atoms with Crippen molar-refractivity contribution in [2.24, 2.45) is 0 Å². The molecule has 0 spiro atoms. The Morgan fingerprint density at radius 3 is 2.71 bits per heavy atom. The third-order valence-corrected chi connectivity index (χ3v) is 3.10. The van der Waals surface area contributed by atoms with Crippen LogP contribution in [-0.4, -0.2) is 23.7 Å². The number of aryl methyl sites for hydroxylation is 1. The smallest absolute Gasteiger partial charge is 0.252 e. The van der Waals surface area contributed by atoms with Crippen molar-refractivity contribution >= 4 is 17.2 Å². The minimum atomic E-state index is -0.501. The predicted molar refractivity (Wildman–Crippen MR) is 57.8 cm³/mol. The summed E-state index contributed by atoms with van der Waals surface area (Å²) >= 11 is 1.57. The fourth-order valence-electron chi connectivity index (χ4n) is 1.07. The lowest BCUT2D eigenvalue weighted by atomic mass is 10.1. The van der Waals surface area contributed by atoms with Gasteiger partial charge in [-0.3, -0.25) is 4.79 Å². The van der Waals surface area contributed by atoms with Crippen LogP contribution < -0.4 is 5.32 Å². The van der Waals surface area contributed by atoms with Crippen LogP contribution in [0.3, 0.4) is 0 Å². The quantitative estimate of drug-likeness (QED) is 0.799. The molecule has 1 aromatic heterocycles. The minimum absolute atomic E-state index is 0.104. The summed E-state index contributed by atoms with van der Waals surface area (Å²) < 4.78 is 0. The molecule has 2 N–H and O–H groups in total. The molecule has 0 aromatic carbocycles. The highest BCUT2D eigenvalue weighted by Crippen LogP contribution is 2.20. The van der Waals surface area contributed by atoms with Crippen molar-refractivity contribution in [1.29, 1.82) is 0 Å². The molecular formula is C10H15NO2S. The normalized spacial score (nSPS) is 12.6. The average Bonchev–Trinajstić information content (AvgIpc) is 2.44. The van der Waals surface area contributed by atoms with Gasteiger partial charge in [-0.2, -0.15) is 0 Å². The van der Waals surface area contributed by atoms with Crippen molar-refractivity contribution in [3.05, 3.63) is 21.4 Å². The number of hydrogen-bond donors (Lipinski definition) is 2. The molecule has 0 aliphatic rings. The molecule has 0 aliphatic carbocycles. The number of amides is 1. The van der Waals surface area contributed by atoms with Gasteiger partial charge in [0, 0.05) is 16.8 Å². The first-order valence-electron chi connectivity index (χ1n) is 4.53. The fraction of sp³-hybridized carbons (Fsp3) is 0.500. The summed E-state index contributed by atoms with van der Waals surface area (Å²) in [6, 6.07) is 0. The van der Waals surface area contributed by atoms with E-state index in [-0.39, 0.29) is 5.91 Å². The first-order chi connectivity index (χ1) is 6.52.